The lowest BCUT2D eigenvalue weighted by Gasteiger charge is -2.03. The van der Waals surface area contributed by atoms with Crippen LogP contribution < -0.4 is 5.32 Å². The molecule has 0 unspecified atom stereocenters. The van der Waals surface area contributed by atoms with Gasteiger partial charge in [0.25, 0.3) is 0 Å². The van der Waals surface area contributed by atoms with E-state index in [2.05, 4.69) is 15.5 Å². The lowest BCUT2D eigenvalue weighted by molar-refractivity contribution is -0.143. The highest BCUT2D eigenvalue weighted by Gasteiger charge is 2.11. The number of rotatable bonds is 8. The van der Waals surface area contributed by atoms with Crippen LogP contribution in [-0.2, 0) is 20.7 Å². The van der Waals surface area contributed by atoms with E-state index in [0.29, 0.717) is 29.8 Å². The number of benzene rings is 1. The zero-order valence-electron chi connectivity index (χ0n) is 13.3. The summed E-state index contributed by atoms with van der Waals surface area (Å²) in [6.45, 7) is 2.32. The molecule has 0 aliphatic carbocycles. The molecule has 0 aliphatic rings. The van der Waals surface area contributed by atoms with Crippen molar-refractivity contribution in [1.82, 2.24) is 15.5 Å². The second kappa shape index (κ2) is 9.02. The van der Waals surface area contributed by atoms with Crippen LogP contribution in [0.15, 0.2) is 28.8 Å². The predicted octanol–water partition coefficient (Wildman–Crippen LogP) is 2.39. The number of aromatic nitrogens is 2. The molecule has 1 heterocycles. The van der Waals surface area contributed by atoms with Crippen molar-refractivity contribution in [2.45, 2.75) is 26.2 Å². The number of ether oxygens (including phenoxy) is 1. The van der Waals surface area contributed by atoms with E-state index < -0.39 is 0 Å². The van der Waals surface area contributed by atoms with Gasteiger partial charge in [-0.3, -0.25) is 9.59 Å². The van der Waals surface area contributed by atoms with E-state index in [0.717, 1.165) is 5.56 Å². The van der Waals surface area contributed by atoms with Crippen molar-refractivity contribution in [2.24, 2.45) is 0 Å². The molecule has 8 heteroatoms. The molecule has 1 N–H and O–H groups in total. The van der Waals surface area contributed by atoms with Crippen LogP contribution in [0.2, 0.25) is 5.02 Å². The molecule has 1 aromatic heterocycles. The maximum absolute atomic E-state index is 11.7. The topological polar surface area (TPSA) is 94.3 Å². The second-order valence-corrected chi connectivity index (χ2v) is 5.36. The van der Waals surface area contributed by atoms with Crippen LogP contribution in [0, 0.1) is 0 Å². The van der Waals surface area contributed by atoms with Crippen molar-refractivity contribution >= 4 is 23.5 Å². The Labute approximate surface area is 144 Å². The Morgan fingerprint density at radius 2 is 2.00 bits per heavy atom. The van der Waals surface area contributed by atoms with Crippen molar-refractivity contribution in [3.8, 4) is 11.4 Å². The Morgan fingerprint density at radius 3 is 2.71 bits per heavy atom. The highest BCUT2D eigenvalue weighted by molar-refractivity contribution is 6.30. The molecule has 7 nitrogen and oxygen atoms in total. The van der Waals surface area contributed by atoms with E-state index in [1.165, 1.54) is 0 Å². The fourth-order valence-corrected chi connectivity index (χ4v) is 2.04. The number of hydrogen-bond donors (Lipinski definition) is 1. The van der Waals surface area contributed by atoms with E-state index in [1.54, 1.807) is 31.2 Å². The first-order valence-electron chi connectivity index (χ1n) is 7.59. The summed E-state index contributed by atoms with van der Waals surface area (Å²) in [4.78, 5) is 27.1. The van der Waals surface area contributed by atoms with Crippen LogP contribution in [0.3, 0.4) is 0 Å². The summed E-state index contributed by atoms with van der Waals surface area (Å²) in [5.74, 6) is 0.303. The van der Waals surface area contributed by atoms with Crippen LogP contribution in [0.25, 0.3) is 11.4 Å². The van der Waals surface area contributed by atoms with Gasteiger partial charge in [0.1, 0.15) is 0 Å². The SMILES string of the molecule is CCOC(=O)CCNC(=O)CCc1nc(-c2ccc(Cl)cc2)no1. The van der Waals surface area contributed by atoms with Gasteiger partial charge in [-0.2, -0.15) is 4.98 Å². The zero-order valence-corrected chi connectivity index (χ0v) is 14.0. The number of esters is 1. The van der Waals surface area contributed by atoms with Gasteiger partial charge in [0.15, 0.2) is 0 Å². The number of aryl methyl sites for hydroxylation is 1. The van der Waals surface area contributed by atoms with Gasteiger partial charge >= 0.3 is 5.97 Å². The van der Waals surface area contributed by atoms with Gasteiger partial charge in [0.05, 0.1) is 13.0 Å². The van der Waals surface area contributed by atoms with Crippen molar-refractivity contribution in [1.29, 1.82) is 0 Å². The fourth-order valence-electron chi connectivity index (χ4n) is 1.92. The van der Waals surface area contributed by atoms with E-state index in [4.69, 9.17) is 20.9 Å². The number of nitrogens with one attached hydrogen (secondary N) is 1. The summed E-state index contributed by atoms with van der Waals surface area (Å²) in [5.41, 5.74) is 0.785. The van der Waals surface area contributed by atoms with Gasteiger partial charge < -0.3 is 14.6 Å². The Hall–Kier alpha value is -2.41. The number of halogens is 1. The lowest BCUT2D eigenvalue weighted by atomic mass is 10.2. The Bertz CT molecular complexity index is 685. The summed E-state index contributed by atoms with van der Waals surface area (Å²) < 4.78 is 9.90. The van der Waals surface area contributed by atoms with Crippen LogP contribution in [0.4, 0.5) is 0 Å². The van der Waals surface area contributed by atoms with Crippen LogP contribution >= 0.6 is 11.6 Å². The van der Waals surface area contributed by atoms with Crippen molar-refractivity contribution < 1.29 is 18.8 Å². The zero-order chi connectivity index (χ0) is 17.4. The largest absolute Gasteiger partial charge is 0.466 e. The molecule has 0 aliphatic heterocycles. The molecule has 2 rings (SSSR count). The second-order valence-electron chi connectivity index (χ2n) is 4.92. The molecule has 0 atom stereocenters. The highest BCUT2D eigenvalue weighted by Crippen LogP contribution is 2.18. The molecule has 1 aromatic carbocycles. The molecule has 0 bridgehead atoms. The molecule has 2 aromatic rings. The number of nitrogens with zero attached hydrogens (tertiary/aromatic N) is 2. The molecule has 1 amide bonds. The number of hydrogen-bond acceptors (Lipinski definition) is 6. The number of amides is 1. The summed E-state index contributed by atoms with van der Waals surface area (Å²) in [5, 5.41) is 7.15. The quantitative estimate of drug-likeness (QED) is 0.734. The summed E-state index contributed by atoms with van der Waals surface area (Å²) >= 11 is 5.83. The number of carbonyl (C=O) groups is 2. The summed E-state index contributed by atoms with van der Waals surface area (Å²) in [7, 11) is 0. The Balaban J connectivity index is 1.75. The lowest BCUT2D eigenvalue weighted by Crippen LogP contribution is -2.26. The van der Waals surface area contributed by atoms with Gasteiger partial charge in [-0.15, -0.1) is 0 Å². The minimum absolute atomic E-state index is 0.154. The Morgan fingerprint density at radius 1 is 1.25 bits per heavy atom. The van der Waals surface area contributed by atoms with Crippen LogP contribution in [0.5, 0.6) is 0 Å². The standard InChI is InChI=1S/C16H18ClN3O4/c1-2-23-15(22)9-10-18-13(21)7-8-14-19-16(20-24-14)11-3-5-12(17)6-4-11/h3-6H,2,7-10H2,1H3,(H,18,21). The number of carbonyl (C=O) groups excluding carboxylic acids is 2. The predicted molar refractivity (Wildman–Crippen MR) is 87.3 cm³/mol. The molecule has 24 heavy (non-hydrogen) atoms. The normalized spacial score (nSPS) is 10.4. The summed E-state index contributed by atoms with van der Waals surface area (Å²) in [6, 6.07) is 7.06. The minimum atomic E-state index is -0.331. The van der Waals surface area contributed by atoms with E-state index in [-0.39, 0.29) is 31.3 Å². The van der Waals surface area contributed by atoms with Gasteiger partial charge in [-0.1, -0.05) is 16.8 Å². The van der Waals surface area contributed by atoms with E-state index in [1.807, 2.05) is 0 Å². The first kappa shape index (κ1) is 17.9. The third kappa shape index (κ3) is 5.66. The van der Waals surface area contributed by atoms with Crippen LogP contribution in [0.1, 0.15) is 25.7 Å². The van der Waals surface area contributed by atoms with Gasteiger partial charge in [0, 0.05) is 30.0 Å². The smallest absolute Gasteiger partial charge is 0.307 e. The van der Waals surface area contributed by atoms with Gasteiger partial charge in [-0.25, -0.2) is 0 Å². The highest BCUT2D eigenvalue weighted by atomic mass is 35.5. The van der Waals surface area contributed by atoms with Crippen molar-refractivity contribution in [3.05, 3.63) is 35.2 Å². The first-order valence-corrected chi connectivity index (χ1v) is 7.97. The molecule has 0 fully saturated rings. The van der Waals surface area contributed by atoms with Gasteiger partial charge in [-0.05, 0) is 31.2 Å². The molecule has 0 spiro atoms. The monoisotopic (exact) mass is 351 g/mol. The molecular formula is C16H18ClN3O4. The third-order valence-electron chi connectivity index (χ3n) is 3.09. The molecular weight excluding hydrogens is 334 g/mol. The van der Waals surface area contributed by atoms with Crippen molar-refractivity contribution in [3.63, 3.8) is 0 Å². The van der Waals surface area contributed by atoms with Gasteiger partial charge in [0.2, 0.25) is 17.6 Å². The minimum Gasteiger partial charge on any atom is -0.466 e. The van der Waals surface area contributed by atoms with E-state index >= 15 is 0 Å². The average Bonchev–Trinajstić information content (AvgIpc) is 3.03. The fraction of sp³-hybridized carbons (Fsp3) is 0.375. The van der Waals surface area contributed by atoms with E-state index in [9.17, 15) is 9.59 Å². The maximum atomic E-state index is 11.7. The van der Waals surface area contributed by atoms with Crippen molar-refractivity contribution in [2.75, 3.05) is 13.2 Å². The summed E-state index contributed by atoms with van der Waals surface area (Å²) in [6.07, 6.45) is 0.678. The Kier molecular flexibility index (Phi) is 6.74. The third-order valence-corrected chi connectivity index (χ3v) is 3.35. The molecule has 0 saturated carbocycles. The average molecular weight is 352 g/mol. The molecule has 0 saturated heterocycles. The molecule has 128 valence electrons. The van der Waals surface area contributed by atoms with Crippen LogP contribution in [-0.4, -0.2) is 35.2 Å². The maximum Gasteiger partial charge on any atom is 0.307 e. The first-order chi connectivity index (χ1) is 11.6. The molecule has 0 radical (unpaired) electrons.